The van der Waals surface area contributed by atoms with Crippen LogP contribution in [-0.4, -0.2) is 74.0 Å². The van der Waals surface area contributed by atoms with Crippen LogP contribution in [0.15, 0.2) is 42.6 Å². The highest BCUT2D eigenvalue weighted by atomic mass is 32.2. The van der Waals surface area contributed by atoms with Gasteiger partial charge < -0.3 is 18.7 Å². The van der Waals surface area contributed by atoms with Crippen LogP contribution >= 0.6 is 19.4 Å². The highest BCUT2D eigenvalue weighted by molar-refractivity contribution is 8.15. The van der Waals surface area contributed by atoms with Gasteiger partial charge in [0.15, 0.2) is 0 Å². The fourth-order valence-electron chi connectivity index (χ4n) is 3.46. The summed E-state index contributed by atoms with van der Waals surface area (Å²) >= 11 is 1.03. The number of pyridine rings is 1. The van der Waals surface area contributed by atoms with Gasteiger partial charge in [-0.3, -0.25) is 24.4 Å². The Kier molecular flexibility index (Phi) is 9.71. The van der Waals surface area contributed by atoms with E-state index in [2.05, 4.69) is 10.3 Å². The molecule has 10 nitrogen and oxygen atoms in total. The number of hydrogen-bond donors (Lipinski definition) is 1. The maximum Gasteiger partial charge on any atom is 0.344 e. The van der Waals surface area contributed by atoms with Crippen LogP contribution in [0.3, 0.4) is 0 Å². The molecule has 1 atom stereocenters. The summed E-state index contributed by atoms with van der Waals surface area (Å²) in [5.74, 6) is 1.31. The van der Waals surface area contributed by atoms with E-state index in [9.17, 15) is 14.2 Å². The van der Waals surface area contributed by atoms with Crippen LogP contribution in [0, 0.1) is 0 Å². The van der Waals surface area contributed by atoms with Crippen LogP contribution in [-0.2, 0) is 31.4 Å². The maximum atomic E-state index is 12.3. The molecule has 2 aromatic rings. The monoisotopic (exact) mass is 522 g/mol. The molecular weight excluding hydrogens is 491 g/mol. The lowest BCUT2D eigenvalue weighted by atomic mass is 10.1. The summed E-state index contributed by atoms with van der Waals surface area (Å²) in [5.41, 5.74) is 1.96. The number of carbonyl (C=O) groups is 2. The SMILES string of the molecule is COP(=O)(CN(C)Cc1ccc(N(C)CCOc2ccc(CC3SC(=O)NC3=O)cc2)nc1)OC. The van der Waals surface area contributed by atoms with Crippen LogP contribution in [0.2, 0.25) is 0 Å². The number of nitrogens with zero attached hydrogens (tertiary/aromatic N) is 3. The maximum absolute atomic E-state index is 12.3. The van der Waals surface area contributed by atoms with Gasteiger partial charge in [-0.2, -0.15) is 0 Å². The minimum absolute atomic E-state index is 0.189. The summed E-state index contributed by atoms with van der Waals surface area (Å²) in [4.78, 5) is 31.4. The second-order valence-corrected chi connectivity index (χ2v) is 11.6. The fraction of sp³-hybridized carbons (Fsp3) is 0.435. The Morgan fingerprint density at radius 2 is 1.74 bits per heavy atom. The van der Waals surface area contributed by atoms with Gasteiger partial charge in [-0.15, -0.1) is 0 Å². The summed E-state index contributed by atoms with van der Waals surface area (Å²) < 4.78 is 28.1. The van der Waals surface area contributed by atoms with E-state index < -0.39 is 7.60 Å². The van der Waals surface area contributed by atoms with Gasteiger partial charge in [0.25, 0.3) is 5.24 Å². The Morgan fingerprint density at radius 3 is 2.31 bits per heavy atom. The Balaban J connectivity index is 1.42. The zero-order valence-corrected chi connectivity index (χ0v) is 22.0. The molecule has 0 bridgehead atoms. The van der Waals surface area contributed by atoms with Crippen molar-refractivity contribution in [3.05, 3.63) is 53.7 Å². The van der Waals surface area contributed by atoms with Crippen LogP contribution in [0.25, 0.3) is 0 Å². The Labute approximate surface area is 209 Å². The highest BCUT2D eigenvalue weighted by Crippen LogP contribution is 2.46. The number of benzene rings is 1. The van der Waals surface area contributed by atoms with Gasteiger partial charge in [0, 0.05) is 34.0 Å². The predicted molar refractivity (Wildman–Crippen MR) is 136 cm³/mol. The van der Waals surface area contributed by atoms with Crippen molar-refractivity contribution >= 4 is 36.3 Å². The third kappa shape index (κ3) is 8.05. The molecule has 1 fully saturated rings. The number of nitrogens with one attached hydrogen (secondary N) is 1. The molecule has 1 aromatic carbocycles. The number of likely N-dealkylation sites (N-methyl/N-ethyl adjacent to an activating group) is 1. The molecule has 190 valence electrons. The quantitative estimate of drug-likeness (QED) is 0.393. The zero-order chi connectivity index (χ0) is 25.4. The van der Waals surface area contributed by atoms with Crippen molar-refractivity contribution in [3.8, 4) is 5.75 Å². The lowest BCUT2D eigenvalue weighted by molar-refractivity contribution is -0.118. The van der Waals surface area contributed by atoms with E-state index in [0.29, 0.717) is 26.1 Å². The number of imide groups is 1. The van der Waals surface area contributed by atoms with Crippen molar-refractivity contribution < 1.29 is 27.9 Å². The summed E-state index contributed by atoms with van der Waals surface area (Å²) in [6.07, 6.45) is 2.48. The van der Waals surface area contributed by atoms with Gasteiger partial charge in [-0.1, -0.05) is 30.0 Å². The molecule has 12 heteroatoms. The molecule has 0 spiro atoms. The van der Waals surface area contributed by atoms with Crippen LogP contribution in [0.1, 0.15) is 11.1 Å². The summed E-state index contributed by atoms with van der Waals surface area (Å²) in [6, 6.07) is 11.5. The number of ether oxygens (including phenoxy) is 1. The van der Waals surface area contributed by atoms with Gasteiger partial charge in [0.2, 0.25) is 5.91 Å². The minimum Gasteiger partial charge on any atom is -0.492 e. The van der Waals surface area contributed by atoms with E-state index in [-0.39, 0.29) is 22.7 Å². The van der Waals surface area contributed by atoms with Gasteiger partial charge in [0.05, 0.1) is 11.8 Å². The van der Waals surface area contributed by atoms with E-state index in [0.717, 1.165) is 34.5 Å². The van der Waals surface area contributed by atoms with Crippen molar-refractivity contribution in [3.63, 3.8) is 0 Å². The standard InChI is InChI=1S/C23H31N4O6PS/c1-26(16-34(30,31-3)32-4)15-18-7-10-21(24-14-18)27(2)11-12-33-19-8-5-17(6-9-19)13-20-22(28)25-23(29)35-20/h5-10,14,20H,11-13,15-16H2,1-4H3,(H,25,28,29). The predicted octanol–water partition coefficient (Wildman–Crippen LogP) is 3.37. The van der Waals surface area contributed by atoms with Gasteiger partial charge in [0.1, 0.15) is 24.5 Å². The molecule has 1 aliphatic heterocycles. The molecule has 2 amide bonds. The smallest absolute Gasteiger partial charge is 0.344 e. The first-order valence-corrected chi connectivity index (χ1v) is 13.6. The van der Waals surface area contributed by atoms with E-state index in [1.807, 2.05) is 60.3 Å². The van der Waals surface area contributed by atoms with Gasteiger partial charge >= 0.3 is 7.60 Å². The molecular formula is C23H31N4O6PS. The first kappa shape index (κ1) is 27.2. The largest absolute Gasteiger partial charge is 0.492 e. The minimum atomic E-state index is -3.10. The van der Waals surface area contributed by atoms with E-state index in [4.69, 9.17) is 13.8 Å². The summed E-state index contributed by atoms with van der Waals surface area (Å²) in [5, 5.41) is 1.64. The number of thioether (sulfide) groups is 1. The molecule has 1 unspecified atom stereocenters. The average Bonchev–Trinajstić information content (AvgIpc) is 3.16. The van der Waals surface area contributed by atoms with Gasteiger partial charge in [-0.25, -0.2) is 4.98 Å². The van der Waals surface area contributed by atoms with Crippen molar-refractivity contribution in [2.24, 2.45) is 0 Å². The lowest BCUT2D eigenvalue weighted by Crippen LogP contribution is -2.25. The average molecular weight is 523 g/mol. The van der Waals surface area contributed by atoms with Crippen LogP contribution < -0.4 is 15.0 Å². The third-order valence-corrected chi connectivity index (χ3v) is 8.35. The summed E-state index contributed by atoms with van der Waals surface area (Å²) in [6.45, 7) is 1.67. The first-order chi connectivity index (χ1) is 16.7. The highest BCUT2D eigenvalue weighted by Gasteiger charge is 2.31. The normalized spacial score (nSPS) is 16.0. The number of amides is 2. The van der Waals surface area contributed by atoms with Crippen molar-refractivity contribution in [2.75, 3.05) is 52.7 Å². The molecule has 2 heterocycles. The number of aromatic nitrogens is 1. The first-order valence-electron chi connectivity index (χ1n) is 11.0. The second kappa shape index (κ2) is 12.5. The Bertz CT molecular complexity index is 1040. The lowest BCUT2D eigenvalue weighted by Gasteiger charge is -2.22. The number of rotatable bonds is 13. The molecule has 3 rings (SSSR count). The molecule has 0 saturated carbocycles. The second-order valence-electron chi connectivity index (χ2n) is 8.16. The molecule has 0 aliphatic carbocycles. The third-order valence-electron chi connectivity index (χ3n) is 5.43. The van der Waals surface area contributed by atoms with Crippen molar-refractivity contribution in [1.82, 2.24) is 15.2 Å². The fourth-order valence-corrected chi connectivity index (χ4v) is 5.39. The van der Waals surface area contributed by atoms with Crippen LogP contribution in [0.4, 0.5) is 10.6 Å². The van der Waals surface area contributed by atoms with E-state index in [1.165, 1.54) is 14.2 Å². The summed E-state index contributed by atoms with van der Waals surface area (Å²) in [7, 11) is 3.45. The van der Waals surface area contributed by atoms with Crippen molar-refractivity contribution in [1.29, 1.82) is 0 Å². The molecule has 0 radical (unpaired) electrons. The Hall–Kier alpha value is -2.43. The molecule has 35 heavy (non-hydrogen) atoms. The van der Waals surface area contributed by atoms with Crippen molar-refractivity contribution in [2.45, 2.75) is 18.2 Å². The molecule has 1 aromatic heterocycles. The zero-order valence-electron chi connectivity index (χ0n) is 20.3. The topological polar surface area (TPSA) is 110 Å². The van der Waals surface area contributed by atoms with E-state index in [1.54, 1.807) is 6.20 Å². The number of anilines is 1. The number of carbonyl (C=O) groups excluding carboxylic acids is 2. The molecule has 1 saturated heterocycles. The van der Waals surface area contributed by atoms with E-state index >= 15 is 0 Å². The molecule has 1 aliphatic rings. The Morgan fingerprint density at radius 1 is 1.06 bits per heavy atom. The van der Waals surface area contributed by atoms with Gasteiger partial charge in [-0.05, 0) is 42.8 Å². The molecule has 1 N–H and O–H groups in total. The van der Waals surface area contributed by atoms with Crippen LogP contribution in [0.5, 0.6) is 5.75 Å². The number of hydrogen-bond acceptors (Lipinski definition) is 10.